The van der Waals surface area contributed by atoms with Crippen LogP contribution < -0.4 is 5.32 Å². The van der Waals surface area contributed by atoms with Gasteiger partial charge in [0.1, 0.15) is 0 Å². The molecule has 4 heterocycles. The molecule has 3 aromatic heterocycles. The zero-order valence-electron chi connectivity index (χ0n) is 17.5. The molecule has 0 spiro atoms. The number of hydrogen-bond acceptors (Lipinski definition) is 6. The molecule has 1 aliphatic rings. The van der Waals surface area contributed by atoms with Gasteiger partial charge in [0.2, 0.25) is 0 Å². The molecule has 3 aromatic rings. The number of thiophene rings is 1. The molecule has 1 saturated heterocycles. The zero-order valence-corrected chi connectivity index (χ0v) is 18.3. The molecule has 0 unspecified atom stereocenters. The largest absolute Gasteiger partial charge is 0.459 e. The van der Waals surface area contributed by atoms with Gasteiger partial charge in [0.05, 0.1) is 16.1 Å². The highest BCUT2D eigenvalue weighted by Gasteiger charge is 2.26. The second-order valence-corrected chi connectivity index (χ2v) is 8.74. The molecule has 0 atom stereocenters. The molecular weight excluding hydrogens is 412 g/mol. The number of rotatable bonds is 7. The van der Waals surface area contributed by atoms with Crippen molar-refractivity contribution in [2.24, 2.45) is 0 Å². The lowest BCUT2D eigenvalue weighted by molar-refractivity contribution is 0.0648. The van der Waals surface area contributed by atoms with E-state index in [0.29, 0.717) is 9.88 Å². The van der Waals surface area contributed by atoms with Gasteiger partial charge in [-0.15, -0.1) is 11.3 Å². The minimum Gasteiger partial charge on any atom is -0.459 e. The maximum Gasteiger partial charge on any atom is 0.291 e. The summed E-state index contributed by atoms with van der Waals surface area (Å²) in [4.78, 5) is 34.4. The van der Waals surface area contributed by atoms with E-state index in [1.165, 1.54) is 17.6 Å². The number of anilines is 1. The number of furan rings is 1. The van der Waals surface area contributed by atoms with Gasteiger partial charge in [-0.2, -0.15) is 0 Å². The number of pyridine rings is 1. The van der Waals surface area contributed by atoms with Crippen LogP contribution in [0.3, 0.4) is 0 Å². The van der Waals surface area contributed by atoms with Crippen molar-refractivity contribution in [2.45, 2.75) is 25.3 Å². The zero-order chi connectivity index (χ0) is 21.6. The minimum atomic E-state index is -0.322. The van der Waals surface area contributed by atoms with Gasteiger partial charge in [-0.1, -0.05) is 6.07 Å². The Labute approximate surface area is 185 Å². The number of nitrogens with zero attached hydrogens (tertiary/aromatic N) is 3. The topological polar surface area (TPSA) is 78.7 Å². The van der Waals surface area contributed by atoms with E-state index in [-0.39, 0.29) is 23.6 Å². The molecule has 8 heteroatoms. The second-order valence-electron chi connectivity index (χ2n) is 7.66. The van der Waals surface area contributed by atoms with Crippen LogP contribution in [0.25, 0.3) is 0 Å². The van der Waals surface area contributed by atoms with E-state index in [4.69, 9.17) is 4.42 Å². The van der Waals surface area contributed by atoms with Crippen LogP contribution in [0.2, 0.25) is 0 Å². The van der Waals surface area contributed by atoms with Crippen LogP contribution in [0, 0.1) is 0 Å². The van der Waals surface area contributed by atoms with Crippen LogP contribution >= 0.6 is 11.3 Å². The lowest BCUT2D eigenvalue weighted by Gasteiger charge is -2.36. The highest BCUT2D eigenvalue weighted by molar-refractivity contribution is 7.18. The summed E-state index contributed by atoms with van der Waals surface area (Å²) in [6.45, 7) is 2.94. The van der Waals surface area contributed by atoms with Crippen molar-refractivity contribution < 1.29 is 14.0 Å². The molecule has 0 radical (unpaired) electrons. The Balaban J connectivity index is 1.26. The van der Waals surface area contributed by atoms with E-state index >= 15 is 0 Å². The van der Waals surface area contributed by atoms with E-state index < -0.39 is 0 Å². The second kappa shape index (κ2) is 9.89. The molecule has 0 aliphatic carbocycles. The fraction of sp³-hybridized carbons (Fsp3) is 0.348. The summed E-state index contributed by atoms with van der Waals surface area (Å²) in [7, 11) is 1.87. The normalized spacial score (nSPS) is 15.0. The Morgan fingerprint density at radius 1 is 1.19 bits per heavy atom. The quantitative estimate of drug-likeness (QED) is 0.608. The molecule has 1 fully saturated rings. The van der Waals surface area contributed by atoms with E-state index in [1.54, 1.807) is 24.3 Å². The molecule has 7 nitrogen and oxygen atoms in total. The molecule has 1 aliphatic heterocycles. The van der Waals surface area contributed by atoms with E-state index in [9.17, 15) is 9.59 Å². The van der Waals surface area contributed by atoms with Crippen molar-refractivity contribution in [3.63, 3.8) is 0 Å². The van der Waals surface area contributed by atoms with Gasteiger partial charge in [0.15, 0.2) is 5.76 Å². The van der Waals surface area contributed by atoms with Gasteiger partial charge in [-0.3, -0.25) is 14.6 Å². The number of carbonyl (C=O) groups excluding carboxylic acids is 2. The summed E-state index contributed by atoms with van der Waals surface area (Å²) < 4.78 is 5.10. The highest BCUT2D eigenvalue weighted by atomic mass is 32.1. The van der Waals surface area contributed by atoms with Gasteiger partial charge < -0.3 is 19.5 Å². The van der Waals surface area contributed by atoms with Gasteiger partial charge in [-0.05, 0) is 49.2 Å². The number of aromatic nitrogens is 1. The first-order valence-corrected chi connectivity index (χ1v) is 11.3. The smallest absolute Gasteiger partial charge is 0.291 e. The van der Waals surface area contributed by atoms with E-state index in [1.807, 2.05) is 30.3 Å². The number of amides is 2. The molecule has 2 amide bonds. The van der Waals surface area contributed by atoms with Gasteiger partial charge in [-0.25, -0.2) is 0 Å². The van der Waals surface area contributed by atoms with Crippen LogP contribution in [0.15, 0.2) is 59.3 Å². The molecule has 4 rings (SSSR count). The van der Waals surface area contributed by atoms with Crippen molar-refractivity contribution in [3.8, 4) is 0 Å². The number of hydrogen-bond donors (Lipinski definition) is 1. The van der Waals surface area contributed by atoms with E-state index in [0.717, 1.165) is 44.6 Å². The van der Waals surface area contributed by atoms with Crippen LogP contribution in [0.1, 0.15) is 38.8 Å². The average molecular weight is 439 g/mol. The SMILES string of the molecule is CN(C(=O)c1ccc(NC(=O)c2ccco2)s1)C1CCN(CCc2ccccn2)CC1. The van der Waals surface area contributed by atoms with Gasteiger partial charge in [0, 0.05) is 51.0 Å². The third kappa shape index (κ3) is 5.39. The fourth-order valence-corrected chi connectivity index (χ4v) is 4.67. The van der Waals surface area contributed by atoms with Crippen molar-refractivity contribution in [1.82, 2.24) is 14.8 Å². The summed E-state index contributed by atoms with van der Waals surface area (Å²) in [6, 6.07) is 13.0. The Morgan fingerprint density at radius 3 is 2.74 bits per heavy atom. The first-order chi connectivity index (χ1) is 15.1. The fourth-order valence-electron chi connectivity index (χ4n) is 3.79. The third-order valence-corrected chi connectivity index (χ3v) is 6.62. The number of nitrogens with one attached hydrogen (secondary N) is 1. The summed E-state index contributed by atoms with van der Waals surface area (Å²) in [5.74, 6) is -0.0825. The monoisotopic (exact) mass is 438 g/mol. The van der Waals surface area contributed by atoms with Crippen LogP contribution in [0.4, 0.5) is 5.00 Å². The summed E-state index contributed by atoms with van der Waals surface area (Å²) >= 11 is 1.28. The highest BCUT2D eigenvalue weighted by Crippen LogP contribution is 2.26. The van der Waals surface area contributed by atoms with Gasteiger partial charge in [0.25, 0.3) is 11.8 Å². The summed E-state index contributed by atoms with van der Waals surface area (Å²) in [5.41, 5.74) is 1.12. The first kappa shape index (κ1) is 21.3. The molecule has 162 valence electrons. The van der Waals surface area contributed by atoms with Crippen molar-refractivity contribution in [2.75, 3.05) is 32.0 Å². The Kier molecular flexibility index (Phi) is 6.79. The molecule has 1 N–H and O–H groups in total. The van der Waals surface area contributed by atoms with Crippen LogP contribution in [-0.2, 0) is 6.42 Å². The van der Waals surface area contributed by atoms with Crippen molar-refractivity contribution >= 4 is 28.2 Å². The molecule has 0 saturated carbocycles. The maximum atomic E-state index is 12.9. The Hall–Kier alpha value is -2.97. The van der Waals surface area contributed by atoms with Gasteiger partial charge >= 0.3 is 0 Å². The number of piperidine rings is 1. The van der Waals surface area contributed by atoms with Crippen LogP contribution in [-0.4, -0.2) is 59.3 Å². The standard InChI is InChI=1S/C23H26N4O3S/c1-26(18-10-14-27(15-11-18)13-9-17-5-2-3-12-24-17)23(29)20-7-8-21(31-20)25-22(28)19-6-4-16-30-19/h2-8,12,16,18H,9-11,13-15H2,1H3,(H,25,28). The Morgan fingerprint density at radius 2 is 2.03 bits per heavy atom. The lowest BCUT2D eigenvalue weighted by atomic mass is 10.0. The molecule has 31 heavy (non-hydrogen) atoms. The number of likely N-dealkylation sites (tertiary alicyclic amines) is 1. The molecular formula is C23H26N4O3S. The lowest BCUT2D eigenvalue weighted by Crippen LogP contribution is -2.45. The first-order valence-electron chi connectivity index (χ1n) is 10.4. The predicted octanol–water partition coefficient (Wildman–Crippen LogP) is 3.77. The number of carbonyl (C=O) groups is 2. The minimum absolute atomic E-state index is 0.00423. The predicted molar refractivity (Wildman–Crippen MR) is 120 cm³/mol. The maximum absolute atomic E-state index is 12.9. The average Bonchev–Trinajstić information content (AvgIpc) is 3.50. The molecule has 0 aromatic carbocycles. The van der Waals surface area contributed by atoms with Crippen molar-refractivity contribution in [1.29, 1.82) is 0 Å². The molecule has 0 bridgehead atoms. The summed E-state index contributed by atoms with van der Waals surface area (Å²) in [6.07, 6.45) is 6.15. The van der Waals surface area contributed by atoms with Crippen LogP contribution in [0.5, 0.6) is 0 Å². The van der Waals surface area contributed by atoms with Crippen molar-refractivity contribution in [3.05, 3.63) is 71.3 Å². The Bertz CT molecular complexity index is 995. The summed E-state index contributed by atoms with van der Waals surface area (Å²) in [5, 5.41) is 3.40. The third-order valence-electron chi connectivity index (χ3n) is 5.63. The van der Waals surface area contributed by atoms with E-state index in [2.05, 4.69) is 21.3 Å².